The fourth-order valence-electron chi connectivity index (χ4n) is 1.61. The Labute approximate surface area is 101 Å². The highest BCUT2D eigenvalue weighted by Gasteiger charge is 2.30. The number of aliphatic carboxylic acids is 1. The van der Waals surface area contributed by atoms with E-state index in [1.165, 1.54) is 6.92 Å². The van der Waals surface area contributed by atoms with Crippen LogP contribution in [0.5, 0.6) is 0 Å². The van der Waals surface area contributed by atoms with Gasteiger partial charge in [0.1, 0.15) is 0 Å². The predicted octanol–water partition coefficient (Wildman–Crippen LogP) is 1.48. The molecule has 17 heavy (non-hydrogen) atoms. The van der Waals surface area contributed by atoms with Gasteiger partial charge in [-0.15, -0.1) is 0 Å². The predicted molar refractivity (Wildman–Crippen MR) is 65.9 cm³/mol. The minimum Gasteiger partial charge on any atom is -0.479 e. The first-order valence-corrected chi connectivity index (χ1v) is 5.59. The third-order valence-corrected chi connectivity index (χ3v) is 2.87. The normalized spacial score (nSPS) is 16.2. The molecule has 1 rings (SSSR count). The molecule has 2 atom stereocenters. The van der Waals surface area contributed by atoms with E-state index in [1.54, 1.807) is 0 Å². The van der Waals surface area contributed by atoms with Crippen LogP contribution in [0.3, 0.4) is 0 Å². The maximum Gasteiger partial charge on any atom is 0.336 e. The summed E-state index contributed by atoms with van der Waals surface area (Å²) in [5.41, 5.74) is 0.507. The molecule has 0 aliphatic heterocycles. The standard InChI is InChI=1S/C13H19NO3/c1-9-6-4-5-7-11(9)10(2)14-8-13(3,17)12(15)16/h4-7,10,14,17H,8H2,1-3H3,(H,15,16)/t10-,13?/m1/s1. The van der Waals surface area contributed by atoms with Gasteiger partial charge >= 0.3 is 5.97 Å². The summed E-state index contributed by atoms with van der Waals surface area (Å²) in [7, 11) is 0. The van der Waals surface area contributed by atoms with E-state index in [2.05, 4.69) is 5.32 Å². The topological polar surface area (TPSA) is 69.6 Å². The number of carboxylic acid groups (broad SMARTS) is 1. The lowest BCUT2D eigenvalue weighted by atomic mass is 10.0. The van der Waals surface area contributed by atoms with E-state index >= 15 is 0 Å². The van der Waals surface area contributed by atoms with Crippen molar-refractivity contribution < 1.29 is 15.0 Å². The lowest BCUT2D eigenvalue weighted by Gasteiger charge is -2.23. The third kappa shape index (κ3) is 3.54. The van der Waals surface area contributed by atoms with Crippen LogP contribution in [0, 0.1) is 6.92 Å². The molecule has 4 nitrogen and oxygen atoms in total. The van der Waals surface area contributed by atoms with Crippen LogP contribution in [0.2, 0.25) is 0 Å². The van der Waals surface area contributed by atoms with Gasteiger partial charge in [0, 0.05) is 12.6 Å². The molecule has 1 unspecified atom stereocenters. The van der Waals surface area contributed by atoms with Crippen molar-refractivity contribution in [1.82, 2.24) is 5.32 Å². The van der Waals surface area contributed by atoms with E-state index in [0.29, 0.717) is 0 Å². The van der Waals surface area contributed by atoms with E-state index in [4.69, 9.17) is 5.11 Å². The zero-order chi connectivity index (χ0) is 13.1. The van der Waals surface area contributed by atoms with Crippen molar-refractivity contribution in [3.8, 4) is 0 Å². The van der Waals surface area contributed by atoms with Crippen LogP contribution in [0.25, 0.3) is 0 Å². The first-order valence-electron chi connectivity index (χ1n) is 5.59. The van der Waals surface area contributed by atoms with E-state index in [1.807, 2.05) is 38.1 Å². The Morgan fingerprint density at radius 3 is 2.59 bits per heavy atom. The summed E-state index contributed by atoms with van der Waals surface area (Å²) in [6.07, 6.45) is 0. The lowest BCUT2D eigenvalue weighted by molar-refractivity contribution is -0.156. The highest BCUT2D eigenvalue weighted by molar-refractivity contribution is 5.76. The van der Waals surface area contributed by atoms with E-state index < -0.39 is 11.6 Å². The Morgan fingerprint density at radius 2 is 2.06 bits per heavy atom. The zero-order valence-corrected chi connectivity index (χ0v) is 10.4. The van der Waals surface area contributed by atoms with Gasteiger partial charge in [-0.05, 0) is 31.9 Å². The van der Waals surface area contributed by atoms with Crippen LogP contribution in [0.15, 0.2) is 24.3 Å². The van der Waals surface area contributed by atoms with Crippen LogP contribution in [-0.4, -0.2) is 28.3 Å². The minimum atomic E-state index is -1.74. The summed E-state index contributed by atoms with van der Waals surface area (Å²) in [6.45, 7) is 5.24. The zero-order valence-electron chi connectivity index (χ0n) is 10.4. The molecule has 0 spiro atoms. The maximum atomic E-state index is 10.7. The molecule has 0 aromatic heterocycles. The van der Waals surface area contributed by atoms with E-state index in [-0.39, 0.29) is 12.6 Å². The van der Waals surface area contributed by atoms with Crippen LogP contribution >= 0.6 is 0 Å². The van der Waals surface area contributed by atoms with Crippen molar-refractivity contribution >= 4 is 5.97 Å². The van der Waals surface area contributed by atoms with Gasteiger partial charge in [-0.1, -0.05) is 24.3 Å². The Bertz CT molecular complexity index is 401. The Morgan fingerprint density at radius 1 is 1.47 bits per heavy atom. The second-order valence-electron chi connectivity index (χ2n) is 4.54. The number of aliphatic hydroxyl groups is 1. The number of hydrogen-bond donors (Lipinski definition) is 3. The molecule has 1 aromatic carbocycles. The van der Waals surface area contributed by atoms with Crippen LogP contribution in [0.4, 0.5) is 0 Å². The van der Waals surface area contributed by atoms with Gasteiger partial charge in [-0.3, -0.25) is 0 Å². The van der Waals surface area contributed by atoms with Gasteiger partial charge < -0.3 is 15.5 Å². The number of hydrogen-bond acceptors (Lipinski definition) is 3. The molecule has 0 amide bonds. The molecule has 0 fully saturated rings. The quantitative estimate of drug-likeness (QED) is 0.725. The number of carboxylic acids is 1. The van der Waals surface area contributed by atoms with Crippen LogP contribution in [0.1, 0.15) is 31.0 Å². The molecule has 3 N–H and O–H groups in total. The molecule has 0 heterocycles. The number of benzene rings is 1. The second-order valence-corrected chi connectivity index (χ2v) is 4.54. The van der Waals surface area contributed by atoms with Crippen molar-refractivity contribution in [2.45, 2.75) is 32.4 Å². The molecule has 0 aliphatic carbocycles. The summed E-state index contributed by atoms with van der Waals surface area (Å²) in [4.78, 5) is 10.7. The lowest BCUT2D eigenvalue weighted by Crippen LogP contribution is -2.45. The molecule has 1 aromatic rings. The Hall–Kier alpha value is -1.39. The summed E-state index contributed by atoms with van der Waals surface area (Å²) < 4.78 is 0. The van der Waals surface area contributed by atoms with Crippen LogP contribution in [-0.2, 0) is 4.79 Å². The fourth-order valence-corrected chi connectivity index (χ4v) is 1.61. The summed E-state index contributed by atoms with van der Waals surface area (Å²) in [6, 6.07) is 7.89. The van der Waals surface area contributed by atoms with Gasteiger partial charge in [0.25, 0.3) is 0 Å². The van der Waals surface area contributed by atoms with Crippen molar-refractivity contribution in [1.29, 1.82) is 0 Å². The molecule has 0 saturated heterocycles. The van der Waals surface area contributed by atoms with Crippen molar-refractivity contribution in [2.75, 3.05) is 6.54 Å². The first kappa shape index (κ1) is 13.7. The average Bonchev–Trinajstić information content (AvgIpc) is 2.26. The highest BCUT2D eigenvalue weighted by atomic mass is 16.4. The Balaban J connectivity index is 2.65. The molecule has 0 radical (unpaired) electrons. The molecular weight excluding hydrogens is 218 g/mol. The number of nitrogens with one attached hydrogen (secondary N) is 1. The molecule has 0 saturated carbocycles. The highest BCUT2D eigenvalue weighted by Crippen LogP contribution is 2.17. The SMILES string of the molecule is Cc1ccccc1[C@@H](C)NCC(C)(O)C(=O)O. The van der Waals surface area contributed by atoms with Gasteiger partial charge in [-0.2, -0.15) is 0 Å². The summed E-state index contributed by atoms with van der Waals surface area (Å²) in [5.74, 6) is -1.22. The molecule has 0 aliphatic rings. The molecule has 4 heteroatoms. The van der Waals surface area contributed by atoms with Gasteiger partial charge in [0.2, 0.25) is 0 Å². The number of carbonyl (C=O) groups is 1. The molecule has 0 bridgehead atoms. The van der Waals surface area contributed by atoms with Crippen molar-refractivity contribution in [2.24, 2.45) is 0 Å². The monoisotopic (exact) mass is 237 g/mol. The number of rotatable bonds is 5. The smallest absolute Gasteiger partial charge is 0.336 e. The maximum absolute atomic E-state index is 10.7. The van der Waals surface area contributed by atoms with E-state index in [9.17, 15) is 9.90 Å². The largest absolute Gasteiger partial charge is 0.479 e. The number of aryl methyl sites for hydroxylation is 1. The van der Waals surface area contributed by atoms with Crippen molar-refractivity contribution in [3.05, 3.63) is 35.4 Å². The average molecular weight is 237 g/mol. The van der Waals surface area contributed by atoms with Crippen molar-refractivity contribution in [3.63, 3.8) is 0 Å². The summed E-state index contributed by atoms with van der Waals surface area (Å²) in [5, 5.41) is 21.4. The van der Waals surface area contributed by atoms with Gasteiger partial charge in [0.05, 0.1) is 0 Å². The molecular formula is C13H19NO3. The van der Waals surface area contributed by atoms with Crippen LogP contribution < -0.4 is 5.32 Å². The van der Waals surface area contributed by atoms with Gasteiger partial charge in [-0.25, -0.2) is 4.79 Å². The minimum absolute atomic E-state index is 0.00187. The Kier molecular flexibility index (Phi) is 4.26. The van der Waals surface area contributed by atoms with Gasteiger partial charge in [0.15, 0.2) is 5.60 Å². The fraction of sp³-hybridized carbons (Fsp3) is 0.462. The first-order chi connectivity index (χ1) is 7.84. The summed E-state index contributed by atoms with van der Waals surface area (Å²) >= 11 is 0. The van der Waals surface area contributed by atoms with E-state index in [0.717, 1.165) is 11.1 Å². The molecule has 94 valence electrons. The third-order valence-electron chi connectivity index (χ3n) is 2.87. The second kappa shape index (κ2) is 5.29.